The van der Waals surface area contributed by atoms with E-state index in [0.717, 1.165) is 0 Å². The summed E-state index contributed by atoms with van der Waals surface area (Å²) in [6.45, 7) is 0.0943. The molecule has 0 bridgehead atoms. The molecule has 1 aromatic heterocycles. The van der Waals surface area contributed by atoms with E-state index in [2.05, 4.69) is 15.3 Å². The molecule has 1 aromatic carbocycles. The molecule has 2 aromatic rings. The molecular formula is C18H16FN3O5. The molecule has 0 spiro atoms. The third-order valence-corrected chi connectivity index (χ3v) is 4.51. The van der Waals surface area contributed by atoms with Gasteiger partial charge in [-0.25, -0.2) is 9.18 Å². The minimum Gasteiger partial charge on any atom is -0.494 e. The molecule has 8 nitrogen and oxygen atoms in total. The normalized spacial score (nSPS) is 17.6. The first-order valence-electron chi connectivity index (χ1n) is 8.08. The number of cyclic esters (lactones) is 1. The number of aromatic nitrogens is 2. The second kappa shape index (κ2) is 6.42. The van der Waals surface area contributed by atoms with Gasteiger partial charge in [0.1, 0.15) is 12.4 Å². The first-order valence-corrected chi connectivity index (χ1v) is 8.08. The predicted molar refractivity (Wildman–Crippen MR) is 91.5 cm³/mol. The Morgan fingerprint density at radius 2 is 2.00 bits per heavy atom. The van der Waals surface area contributed by atoms with Crippen molar-refractivity contribution in [2.24, 2.45) is 0 Å². The second-order valence-electron chi connectivity index (χ2n) is 5.90. The van der Waals surface area contributed by atoms with Gasteiger partial charge in [-0.3, -0.25) is 0 Å². The van der Waals surface area contributed by atoms with Crippen molar-refractivity contribution in [3.63, 3.8) is 0 Å². The lowest BCUT2D eigenvalue weighted by Crippen LogP contribution is -2.22. The molecule has 0 aliphatic carbocycles. The van der Waals surface area contributed by atoms with Crippen molar-refractivity contribution in [2.45, 2.75) is 5.92 Å². The highest BCUT2D eigenvalue weighted by atomic mass is 19.1. The van der Waals surface area contributed by atoms with E-state index in [1.54, 1.807) is 6.07 Å². The van der Waals surface area contributed by atoms with E-state index in [4.69, 9.17) is 18.9 Å². The number of anilines is 1. The highest BCUT2D eigenvalue weighted by Gasteiger charge is 2.42. The minimum absolute atomic E-state index is 0.0643. The van der Waals surface area contributed by atoms with Gasteiger partial charge in [-0.2, -0.15) is 9.97 Å². The molecule has 2 aliphatic rings. The van der Waals surface area contributed by atoms with Crippen LogP contribution >= 0.6 is 0 Å². The third-order valence-electron chi connectivity index (χ3n) is 4.51. The number of methoxy groups -OCH3 is 3. The Balaban J connectivity index is 1.97. The van der Waals surface area contributed by atoms with Crippen LogP contribution in [0.5, 0.6) is 17.6 Å². The van der Waals surface area contributed by atoms with Gasteiger partial charge in [0.25, 0.3) is 0 Å². The zero-order chi connectivity index (χ0) is 19.1. The maximum atomic E-state index is 13.9. The predicted octanol–water partition coefficient (Wildman–Crippen LogP) is 2.01. The number of fused-ring (bicyclic) bond motifs is 1. The van der Waals surface area contributed by atoms with Crippen LogP contribution < -0.4 is 19.5 Å². The Hall–Kier alpha value is -3.36. The van der Waals surface area contributed by atoms with Crippen LogP contribution in [0.15, 0.2) is 29.5 Å². The topological polar surface area (TPSA) is 91.8 Å². The number of benzene rings is 1. The molecule has 0 saturated carbocycles. The maximum Gasteiger partial charge on any atom is 0.337 e. The van der Waals surface area contributed by atoms with Crippen molar-refractivity contribution in [2.75, 3.05) is 33.3 Å². The van der Waals surface area contributed by atoms with Crippen LogP contribution in [0.3, 0.4) is 0 Å². The summed E-state index contributed by atoms with van der Waals surface area (Å²) in [5, 5.41) is 3.10. The lowest BCUT2D eigenvalue weighted by atomic mass is 9.82. The fourth-order valence-electron chi connectivity index (χ4n) is 3.32. The average molecular weight is 373 g/mol. The van der Waals surface area contributed by atoms with Crippen molar-refractivity contribution in [1.82, 2.24) is 9.97 Å². The van der Waals surface area contributed by atoms with E-state index in [9.17, 15) is 9.18 Å². The molecule has 9 heteroatoms. The van der Waals surface area contributed by atoms with Crippen molar-refractivity contribution in [3.05, 3.63) is 46.4 Å². The minimum atomic E-state index is -0.610. The molecule has 1 atom stereocenters. The Bertz CT molecular complexity index is 976. The SMILES string of the molecule is COc1nc2c(c(OC)n1)C(c1ccc(F)c(OC)c1)C1=C(COC1=O)N2. The average Bonchev–Trinajstić information content (AvgIpc) is 3.06. The molecule has 27 heavy (non-hydrogen) atoms. The molecule has 4 rings (SSSR count). The number of hydrogen-bond acceptors (Lipinski definition) is 8. The van der Waals surface area contributed by atoms with Crippen LogP contribution in [-0.2, 0) is 9.53 Å². The molecule has 0 fully saturated rings. The molecule has 1 unspecified atom stereocenters. The van der Waals surface area contributed by atoms with Gasteiger partial charge in [0.05, 0.1) is 44.1 Å². The van der Waals surface area contributed by atoms with Crippen LogP contribution in [-0.4, -0.2) is 43.9 Å². The van der Waals surface area contributed by atoms with E-state index in [-0.39, 0.29) is 24.2 Å². The molecule has 140 valence electrons. The third kappa shape index (κ3) is 2.62. The zero-order valence-electron chi connectivity index (χ0n) is 14.8. The lowest BCUT2D eigenvalue weighted by Gasteiger charge is -2.27. The summed E-state index contributed by atoms with van der Waals surface area (Å²) in [7, 11) is 4.28. The number of nitrogens with zero attached hydrogens (tertiary/aromatic N) is 2. The smallest absolute Gasteiger partial charge is 0.337 e. The fraction of sp³-hybridized carbons (Fsp3) is 0.278. The molecule has 0 amide bonds. The van der Waals surface area contributed by atoms with Crippen LogP contribution in [0.4, 0.5) is 10.2 Å². The molecular weight excluding hydrogens is 357 g/mol. The van der Waals surface area contributed by atoms with Crippen molar-refractivity contribution in [3.8, 4) is 17.6 Å². The Labute approximate surface area is 153 Å². The van der Waals surface area contributed by atoms with Gasteiger partial charge in [-0.1, -0.05) is 6.07 Å². The zero-order valence-corrected chi connectivity index (χ0v) is 14.8. The van der Waals surface area contributed by atoms with E-state index in [1.807, 2.05) is 0 Å². The summed E-state index contributed by atoms with van der Waals surface area (Å²) < 4.78 is 34.7. The maximum absolute atomic E-state index is 13.9. The Kier molecular flexibility index (Phi) is 4.06. The summed E-state index contributed by atoms with van der Waals surface area (Å²) in [4.78, 5) is 21.0. The van der Waals surface area contributed by atoms with Crippen molar-refractivity contribution in [1.29, 1.82) is 0 Å². The van der Waals surface area contributed by atoms with E-state index in [0.29, 0.717) is 28.2 Å². The Morgan fingerprint density at radius 3 is 2.70 bits per heavy atom. The van der Waals surface area contributed by atoms with Crippen molar-refractivity contribution < 1.29 is 28.1 Å². The number of ether oxygens (including phenoxy) is 4. The monoisotopic (exact) mass is 373 g/mol. The number of hydrogen-bond donors (Lipinski definition) is 1. The molecule has 1 N–H and O–H groups in total. The van der Waals surface area contributed by atoms with Crippen molar-refractivity contribution >= 4 is 11.8 Å². The van der Waals surface area contributed by atoms with Gasteiger partial charge < -0.3 is 24.3 Å². The van der Waals surface area contributed by atoms with Gasteiger partial charge in [-0.05, 0) is 17.7 Å². The molecule has 2 aliphatic heterocycles. The van der Waals surface area contributed by atoms with E-state index >= 15 is 0 Å². The summed E-state index contributed by atoms with van der Waals surface area (Å²) in [5.74, 6) is -0.838. The van der Waals surface area contributed by atoms with Gasteiger partial charge in [0.15, 0.2) is 11.6 Å². The molecule has 0 saturated heterocycles. The fourth-order valence-corrected chi connectivity index (χ4v) is 3.32. The van der Waals surface area contributed by atoms with Crippen LogP contribution in [0.1, 0.15) is 17.0 Å². The van der Waals surface area contributed by atoms with Crippen LogP contribution in [0.2, 0.25) is 0 Å². The van der Waals surface area contributed by atoms with Gasteiger partial charge in [0, 0.05) is 0 Å². The number of esters is 1. The summed E-state index contributed by atoms with van der Waals surface area (Å²) in [6, 6.07) is 4.52. The Morgan fingerprint density at radius 1 is 1.19 bits per heavy atom. The van der Waals surface area contributed by atoms with Crippen LogP contribution in [0.25, 0.3) is 0 Å². The number of halogens is 1. The molecule has 3 heterocycles. The summed E-state index contributed by atoms with van der Waals surface area (Å²) >= 11 is 0. The second-order valence-corrected chi connectivity index (χ2v) is 5.90. The standard InChI is InChI=1S/C18H16FN3O5/c1-24-11-6-8(4-5-9(11)19)12-13-10(7-27-17(13)23)20-15-14(12)16(25-2)22-18(21-15)26-3/h4-6,12H,7H2,1-3H3,(H,20,21,22). The summed E-state index contributed by atoms with van der Waals surface area (Å²) in [5.41, 5.74) is 2.14. The quantitative estimate of drug-likeness (QED) is 0.814. The molecule has 0 radical (unpaired) electrons. The first-order chi connectivity index (χ1) is 13.1. The van der Waals surface area contributed by atoms with E-state index in [1.165, 1.54) is 33.5 Å². The van der Waals surface area contributed by atoms with Gasteiger partial charge >= 0.3 is 12.0 Å². The van der Waals surface area contributed by atoms with E-state index < -0.39 is 17.7 Å². The summed E-state index contributed by atoms with van der Waals surface area (Å²) in [6.07, 6.45) is 0. The highest BCUT2D eigenvalue weighted by molar-refractivity contribution is 5.97. The number of nitrogens with one attached hydrogen (secondary N) is 1. The highest BCUT2D eigenvalue weighted by Crippen LogP contribution is 2.47. The largest absolute Gasteiger partial charge is 0.494 e. The van der Waals surface area contributed by atoms with Gasteiger partial charge in [0.2, 0.25) is 5.88 Å². The number of carbonyl (C=O) groups is 1. The first kappa shape index (κ1) is 17.1. The number of carbonyl (C=O) groups excluding carboxylic acids is 1. The van der Waals surface area contributed by atoms with Crippen LogP contribution in [0, 0.1) is 5.82 Å². The lowest BCUT2D eigenvalue weighted by molar-refractivity contribution is -0.136. The number of rotatable bonds is 4. The van der Waals surface area contributed by atoms with Gasteiger partial charge in [-0.15, -0.1) is 0 Å².